The molecular weight excluding hydrogens is 382 g/mol. The predicted octanol–water partition coefficient (Wildman–Crippen LogP) is 4.76. The third kappa shape index (κ3) is 3.34. The summed E-state index contributed by atoms with van der Waals surface area (Å²) in [5.74, 6) is 0.457. The summed E-state index contributed by atoms with van der Waals surface area (Å²) in [5, 5.41) is 25.4. The standard InChI is InChI=1S/C23H25N3O2S/c1-13-12-25(4)20-8-7-16(9-17(13)20)26(23(29)24-3)14(2)18-10-19(15-5-6-15)22(28)11-21(18)27/h7-12,15,27-28H,2,5-6H2,1,3-4H3,(H,24,29). The summed E-state index contributed by atoms with van der Waals surface area (Å²) < 4.78 is 2.09. The topological polar surface area (TPSA) is 60.7 Å². The Balaban J connectivity index is 1.82. The summed E-state index contributed by atoms with van der Waals surface area (Å²) in [5.41, 5.74) is 5.13. The lowest BCUT2D eigenvalue weighted by Gasteiger charge is -2.28. The van der Waals surface area contributed by atoms with Crippen molar-refractivity contribution >= 4 is 39.6 Å². The molecule has 3 N–H and O–H groups in total. The molecule has 1 fully saturated rings. The zero-order valence-corrected chi connectivity index (χ0v) is 17.7. The van der Waals surface area contributed by atoms with Crippen LogP contribution in [0.5, 0.6) is 11.5 Å². The molecule has 1 aliphatic rings. The molecule has 29 heavy (non-hydrogen) atoms. The highest BCUT2D eigenvalue weighted by atomic mass is 32.1. The summed E-state index contributed by atoms with van der Waals surface area (Å²) >= 11 is 5.58. The molecule has 2 aromatic carbocycles. The number of benzene rings is 2. The van der Waals surface area contributed by atoms with Gasteiger partial charge in [0.1, 0.15) is 11.5 Å². The van der Waals surface area contributed by atoms with Gasteiger partial charge in [0.15, 0.2) is 5.11 Å². The van der Waals surface area contributed by atoms with Gasteiger partial charge < -0.3 is 20.1 Å². The first kappa shape index (κ1) is 19.3. The zero-order chi connectivity index (χ0) is 20.9. The smallest absolute Gasteiger partial charge is 0.177 e. The van der Waals surface area contributed by atoms with Crippen LogP contribution >= 0.6 is 12.2 Å². The van der Waals surface area contributed by atoms with E-state index in [0.717, 1.165) is 35.0 Å². The Morgan fingerprint density at radius 3 is 2.59 bits per heavy atom. The first-order valence-electron chi connectivity index (χ1n) is 9.64. The van der Waals surface area contributed by atoms with Gasteiger partial charge in [0.05, 0.1) is 5.70 Å². The summed E-state index contributed by atoms with van der Waals surface area (Å²) in [7, 11) is 3.79. The van der Waals surface area contributed by atoms with E-state index < -0.39 is 0 Å². The number of nitrogens with zero attached hydrogens (tertiary/aromatic N) is 2. The number of nitrogens with one attached hydrogen (secondary N) is 1. The number of hydrogen-bond donors (Lipinski definition) is 3. The highest BCUT2D eigenvalue weighted by Gasteiger charge is 2.29. The maximum absolute atomic E-state index is 10.5. The fraction of sp³-hybridized carbons (Fsp3) is 0.261. The van der Waals surface area contributed by atoms with Crippen LogP contribution in [0.3, 0.4) is 0 Å². The van der Waals surface area contributed by atoms with Crippen LogP contribution in [0.2, 0.25) is 0 Å². The lowest BCUT2D eigenvalue weighted by molar-refractivity contribution is 0.445. The monoisotopic (exact) mass is 407 g/mol. The molecule has 0 radical (unpaired) electrons. The second kappa shape index (κ2) is 7.12. The number of phenolic OH excluding ortho intramolecular Hbond substituents is 2. The van der Waals surface area contributed by atoms with E-state index in [1.54, 1.807) is 7.05 Å². The van der Waals surface area contributed by atoms with Crippen LogP contribution in [0, 0.1) is 6.92 Å². The molecule has 1 aromatic heterocycles. The molecule has 0 saturated heterocycles. The van der Waals surface area contributed by atoms with E-state index in [2.05, 4.69) is 41.7 Å². The molecule has 0 amide bonds. The van der Waals surface area contributed by atoms with Gasteiger partial charge in [0.25, 0.3) is 0 Å². The number of fused-ring (bicyclic) bond motifs is 1. The van der Waals surface area contributed by atoms with Crippen molar-refractivity contribution < 1.29 is 10.2 Å². The maximum atomic E-state index is 10.5. The van der Waals surface area contributed by atoms with E-state index in [1.807, 2.05) is 24.1 Å². The first-order chi connectivity index (χ1) is 13.8. The molecule has 0 aliphatic heterocycles. The van der Waals surface area contributed by atoms with E-state index >= 15 is 0 Å². The molecule has 4 rings (SSSR count). The summed E-state index contributed by atoms with van der Waals surface area (Å²) in [4.78, 5) is 1.82. The van der Waals surface area contributed by atoms with Crippen LogP contribution < -0.4 is 10.2 Å². The Labute approximate surface area is 175 Å². The Bertz CT molecular complexity index is 1140. The van der Waals surface area contributed by atoms with Crippen molar-refractivity contribution in [2.75, 3.05) is 11.9 Å². The van der Waals surface area contributed by atoms with Crippen LogP contribution in [0.1, 0.15) is 35.4 Å². The minimum Gasteiger partial charge on any atom is -0.508 e. The van der Waals surface area contributed by atoms with Crippen molar-refractivity contribution in [2.45, 2.75) is 25.7 Å². The number of aryl methyl sites for hydroxylation is 2. The fourth-order valence-electron chi connectivity index (χ4n) is 3.89. The fourth-order valence-corrected chi connectivity index (χ4v) is 4.11. The van der Waals surface area contributed by atoms with Gasteiger partial charge in [-0.15, -0.1) is 0 Å². The Hall–Kier alpha value is -2.99. The molecule has 0 bridgehead atoms. The summed E-state index contributed by atoms with van der Waals surface area (Å²) in [6, 6.07) is 9.37. The molecule has 1 saturated carbocycles. The van der Waals surface area contributed by atoms with Crippen molar-refractivity contribution in [3.8, 4) is 11.5 Å². The number of anilines is 1. The Morgan fingerprint density at radius 1 is 1.21 bits per heavy atom. The van der Waals surface area contributed by atoms with E-state index in [4.69, 9.17) is 12.2 Å². The van der Waals surface area contributed by atoms with Crippen LogP contribution in [0.25, 0.3) is 16.6 Å². The van der Waals surface area contributed by atoms with Gasteiger partial charge in [-0.3, -0.25) is 4.90 Å². The minimum atomic E-state index is -0.0160. The van der Waals surface area contributed by atoms with Gasteiger partial charge in [-0.2, -0.15) is 0 Å². The first-order valence-corrected chi connectivity index (χ1v) is 10.0. The number of phenols is 2. The number of aromatic hydroxyl groups is 2. The van der Waals surface area contributed by atoms with E-state index in [-0.39, 0.29) is 11.5 Å². The summed E-state index contributed by atoms with van der Waals surface area (Å²) in [6.07, 6.45) is 4.19. The molecule has 1 heterocycles. The van der Waals surface area contributed by atoms with Gasteiger partial charge >= 0.3 is 0 Å². The quantitative estimate of drug-likeness (QED) is 0.545. The second-order valence-corrected chi connectivity index (χ2v) is 8.05. The number of rotatable bonds is 4. The second-order valence-electron chi connectivity index (χ2n) is 7.66. The minimum absolute atomic E-state index is 0.0160. The molecule has 0 atom stereocenters. The van der Waals surface area contributed by atoms with E-state index in [9.17, 15) is 10.2 Å². The largest absolute Gasteiger partial charge is 0.508 e. The van der Waals surface area contributed by atoms with Crippen LogP contribution in [0.4, 0.5) is 5.69 Å². The van der Waals surface area contributed by atoms with Crippen LogP contribution in [-0.4, -0.2) is 26.9 Å². The summed E-state index contributed by atoms with van der Waals surface area (Å²) in [6.45, 7) is 6.32. The maximum Gasteiger partial charge on any atom is 0.177 e. The van der Waals surface area contributed by atoms with E-state index in [0.29, 0.717) is 22.3 Å². The predicted molar refractivity (Wildman–Crippen MR) is 123 cm³/mol. The third-order valence-corrected chi connectivity index (χ3v) is 5.98. The highest BCUT2D eigenvalue weighted by molar-refractivity contribution is 7.80. The molecule has 6 heteroatoms. The number of thiocarbonyl (C=S) groups is 1. The van der Waals surface area contributed by atoms with Gasteiger partial charge in [-0.25, -0.2) is 0 Å². The lowest BCUT2D eigenvalue weighted by Crippen LogP contribution is -2.36. The van der Waals surface area contributed by atoms with Crippen molar-refractivity contribution in [3.05, 3.63) is 59.8 Å². The zero-order valence-electron chi connectivity index (χ0n) is 16.9. The molecular formula is C23H25N3O2S. The van der Waals surface area contributed by atoms with Gasteiger partial charge in [-0.05, 0) is 73.3 Å². The molecule has 5 nitrogen and oxygen atoms in total. The van der Waals surface area contributed by atoms with Gasteiger partial charge in [-0.1, -0.05) is 6.58 Å². The van der Waals surface area contributed by atoms with E-state index in [1.165, 1.54) is 11.6 Å². The SMILES string of the molecule is C=C(c1cc(C2CC2)c(O)cc1O)N(C(=S)NC)c1ccc2c(c1)c(C)cn2C. The molecule has 1 aliphatic carbocycles. The van der Waals surface area contributed by atoms with Crippen molar-refractivity contribution in [3.63, 3.8) is 0 Å². The third-order valence-electron chi connectivity index (χ3n) is 5.59. The Morgan fingerprint density at radius 2 is 1.93 bits per heavy atom. The van der Waals surface area contributed by atoms with Crippen LogP contribution in [0.15, 0.2) is 43.1 Å². The lowest BCUT2D eigenvalue weighted by atomic mass is 10.0. The number of hydrogen-bond acceptors (Lipinski definition) is 3. The van der Waals surface area contributed by atoms with Gasteiger partial charge in [0, 0.05) is 48.5 Å². The molecule has 150 valence electrons. The average Bonchev–Trinajstić information content (AvgIpc) is 3.48. The van der Waals surface area contributed by atoms with Crippen molar-refractivity contribution in [1.29, 1.82) is 0 Å². The van der Waals surface area contributed by atoms with Crippen molar-refractivity contribution in [1.82, 2.24) is 9.88 Å². The average molecular weight is 408 g/mol. The van der Waals surface area contributed by atoms with Crippen LogP contribution in [-0.2, 0) is 7.05 Å². The molecule has 0 unspecified atom stereocenters. The normalized spacial score (nSPS) is 13.5. The Kier molecular flexibility index (Phi) is 4.74. The van der Waals surface area contributed by atoms with Crippen molar-refractivity contribution in [2.24, 2.45) is 7.05 Å². The number of aromatic nitrogens is 1. The molecule has 0 spiro atoms. The van der Waals surface area contributed by atoms with Gasteiger partial charge in [0.2, 0.25) is 0 Å². The molecule has 3 aromatic rings. The highest BCUT2D eigenvalue weighted by Crippen LogP contribution is 2.47.